The van der Waals surface area contributed by atoms with E-state index in [2.05, 4.69) is 152 Å². The van der Waals surface area contributed by atoms with E-state index < -0.39 is 11.9 Å². The first-order valence-corrected chi connectivity index (χ1v) is 20.6. The Kier molecular flexibility index (Phi) is 11.4. The van der Waals surface area contributed by atoms with Crippen molar-refractivity contribution in [3.05, 3.63) is 187 Å². The number of benzene rings is 6. The summed E-state index contributed by atoms with van der Waals surface area (Å²) >= 11 is 0. The van der Waals surface area contributed by atoms with E-state index in [1.165, 1.54) is 23.4 Å². The van der Waals surface area contributed by atoms with Gasteiger partial charge >= 0.3 is 11.9 Å². The third-order valence-corrected chi connectivity index (χ3v) is 11.4. The van der Waals surface area contributed by atoms with Crippen molar-refractivity contribution in [1.82, 2.24) is 0 Å². The summed E-state index contributed by atoms with van der Waals surface area (Å²) in [5.41, 5.74) is 10.9. The zero-order valence-electron chi connectivity index (χ0n) is 34.7. The summed E-state index contributed by atoms with van der Waals surface area (Å²) in [6.07, 6.45) is 12.1. The van der Waals surface area contributed by atoms with Gasteiger partial charge in [-0.1, -0.05) is 105 Å². The zero-order valence-corrected chi connectivity index (χ0v) is 34.7. The molecule has 6 nitrogen and oxygen atoms in total. The number of hydrogen-bond acceptors (Lipinski definition) is 6. The maximum Gasteiger partial charge on any atom is 0.338 e. The van der Waals surface area contributed by atoms with Crippen LogP contribution < -0.4 is 19.3 Å². The smallest absolute Gasteiger partial charge is 0.338 e. The molecule has 0 heterocycles. The number of hydrogen-bond donors (Lipinski definition) is 0. The van der Waals surface area contributed by atoms with E-state index >= 15 is 0 Å². The molecule has 0 aliphatic heterocycles. The van der Waals surface area contributed by atoms with Crippen LogP contribution >= 0.6 is 0 Å². The fourth-order valence-electron chi connectivity index (χ4n) is 8.03. The molecule has 3 atom stereocenters. The third-order valence-electron chi connectivity index (χ3n) is 11.4. The lowest BCUT2D eigenvalue weighted by molar-refractivity contribution is -0.130. The zero-order chi connectivity index (χ0) is 41.9. The number of anilines is 4. The third kappa shape index (κ3) is 8.74. The molecule has 0 bridgehead atoms. The Labute approximate surface area is 353 Å². The first-order chi connectivity index (χ1) is 29.0. The van der Waals surface area contributed by atoms with Gasteiger partial charge in [-0.3, -0.25) is 0 Å². The molecular formula is C54H50N2O4. The van der Waals surface area contributed by atoms with Gasteiger partial charge in [-0.15, -0.1) is 0 Å². The molecule has 0 saturated carbocycles. The highest BCUT2D eigenvalue weighted by molar-refractivity contribution is 5.92. The Morgan fingerprint density at radius 3 is 1.67 bits per heavy atom. The SMILES string of the molecule is C=C(C)C(=O)Oc1ccc2c(c1)C=CC(N(c1ccc(-c3ccc(N(c4ccc(C)cc4)C4C=CC(C)CC4)cc3)cc1)c1ccc3cc(OC(=O)C(=C)C)ccc3c1)C2. The van der Waals surface area contributed by atoms with Crippen molar-refractivity contribution in [2.75, 3.05) is 9.80 Å². The highest BCUT2D eigenvalue weighted by Gasteiger charge is 2.25. The Balaban J connectivity index is 1.10. The van der Waals surface area contributed by atoms with Crippen molar-refractivity contribution < 1.29 is 19.1 Å². The summed E-state index contributed by atoms with van der Waals surface area (Å²) in [4.78, 5) is 29.3. The minimum Gasteiger partial charge on any atom is -0.423 e. The van der Waals surface area contributed by atoms with Crippen LogP contribution in [0.4, 0.5) is 22.7 Å². The van der Waals surface area contributed by atoms with Gasteiger partial charge in [-0.25, -0.2) is 9.59 Å². The van der Waals surface area contributed by atoms with E-state index in [0.717, 1.165) is 57.2 Å². The van der Waals surface area contributed by atoms with Crippen molar-refractivity contribution >= 4 is 51.5 Å². The summed E-state index contributed by atoms with van der Waals surface area (Å²) in [5.74, 6) is 0.697. The maximum atomic E-state index is 12.2. The molecule has 6 aromatic carbocycles. The van der Waals surface area contributed by atoms with Crippen molar-refractivity contribution in [3.63, 3.8) is 0 Å². The first-order valence-electron chi connectivity index (χ1n) is 20.6. The molecule has 0 fully saturated rings. The van der Waals surface area contributed by atoms with Crippen molar-refractivity contribution in [3.8, 4) is 22.6 Å². The van der Waals surface area contributed by atoms with Gasteiger partial charge in [0, 0.05) is 33.9 Å². The average Bonchev–Trinajstić information content (AvgIpc) is 3.25. The van der Waals surface area contributed by atoms with Gasteiger partial charge in [-0.2, -0.15) is 0 Å². The molecule has 6 aromatic rings. The van der Waals surface area contributed by atoms with Gasteiger partial charge in [0.15, 0.2) is 0 Å². The molecular weight excluding hydrogens is 741 g/mol. The minimum atomic E-state index is -0.446. The monoisotopic (exact) mass is 790 g/mol. The number of nitrogens with zero attached hydrogens (tertiary/aromatic N) is 2. The number of carbonyl (C=O) groups excluding carboxylic acids is 2. The molecule has 0 N–H and O–H groups in total. The number of rotatable bonds is 11. The largest absolute Gasteiger partial charge is 0.423 e. The normalized spacial score (nSPS) is 16.8. The highest BCUT2D eigenvalue weighted by atomic mass is 16.5. The second-order valence-electron chi connectivity index (χ2n) is 16.2. The molecule has 0 radical (unpaired) electrons. The van der Waals surface area contributed by atoms with E-state index in [4.69, 9.17) is 9.47 Å². The fraction of sp³-hybridized carbons (Fsp3) is 0.185. The lowest BCUT2D eigenvalue weighted by atomic mass is 9.92. The van der Waals surface area contributed by atoms with Gasteiger partial charge in [0.1, 0.15) is 11.5 Å². The van der Waals surface area contributed by atoms with Crippen LogP contribution in [0.15, 0.2) is 170 Å². The van der Waals surface area contributed by atoms with Gasteiger partial charge in [0.2, 0.25) is 0 Å². The highest BCUT2D eigenvalue weighted by Crippen LogP contribution is 2.38. The van der Waals surface area contributed by atoms with E-state index in [1.54, 1.807) is 13.8 Å². The van der Waals surface area contributed by atoms with Crippen LogP contribution in [-0.4, -0.2) is 24.0 Å². The molecule has 6 heteroatoms. The topological polar surface area (TPSA) is 59.1 Å². The molecule has 0 spiro atoms. The Hall–Kier alpha value is -6.92. The van der Waals surface area contributed by atoms with Crippen LogP contribution in [0.3, 0.4) is 0 Å². The lowest BCUT2D eigenvalue weighted by Gasteiger charge is -2.35. The molecule has 0 saturated heterocycles. The summed E-state index contributed by atoms with van der Waals surface area (Å²) in [7, 11) is 0. The molecule has 3 unspecified atom stereocenters. The molecule has 2 aliphatic rings. The van der Waals surface area contributed by atoms with Crippen LogP contribution in [0.2, 0.25) is 0 Å². The Morgan fingerprint density at radius 1 is 0.567 bits per heavy atom. The number of ether oxygens (including phenoxy) is 2. The number of carbonyl (C=O) groups is 2. The quantitative estimate of drug-likeness (QED) is 0.0564. The number of fused-ring (bicyclic) bond motifs is 2. The Morgan fingerprint density at radius 2 is 1.08 bits per heavy atom. The lowest BCUT2D eigenvalue weighted by Crippen LogP contribution is -2.33. The minimum absolute atomic E-state index is 0.00993. The van der Waals surface area contributed by atoms with Crippen molar-refractivity contribution in [1.29, 1.82) is 0 Å². The van der Waals surface area contributed by atoms with Crippen LogP contribution in [0, 0.1) is 12.8 Å². The van der Waals surface area contributed by atoms with Crippen LogP contribution in [-0.2, 0) is 16.0 Å². The molecule has 300 valence electrons. The molecule has 2 aliphatic carbocycles. The van der Waals surface area contributed by atoms with Crippen LogP contribution in [0.5, 0.6) is 11.5 Å². The van der Waals surface area contributed by atoms with E-state index in [0.29, 0.717) is 34.6 Å². The number of aryl methyl sites for hydroxylation is 1. The first kappa shape index (κ1) is 39.9. The second kappa shape index (κ2) is 17.1. The fourth-order valence-corrected chi connectivity index (χ4v) is 8.03. The Bertz CT molecular complexity index is 2650. The van der Waals surface area contributed by atoms with Gasteiger partial charge < -0.3 is 19.3 Å². The summed E-state index contributed by atoms with van der Waals surface area (Å²) < 4.78 is 11.1. The van der Waals surface area contributed by atoms with E-state index in [1.807, 2.05) is 36.4 Å². The van der Waals surface area contributed by atoms with Crippen LogP contribution in [0.1, 0.15) is 50.3 Å². The second-order valence-corrected chi connectivity index (χ2v) is 16.2. The van der Waals surface area contributed by atoms with Gasteiger partial charge in [0.05, 0.1) is 12.1 Å². The van der Waals surface area contributed by atoms with Gasteiger partial charge in [0.25, 0.3) is 0 Å². The molecule has 0 amide bonds. The summed E-state index contributed by atoms with van der Waals surface area (Å²) in [6.45, 7) is 15.1. The molecule has 8 rings (SSSR count). The van der Waals surface area contributed by atoms with Crippen molar-refractivity contribution in [2.24, 2.45) is 5.92 Å². The van der Waals surface area contributed by atoms with E-state index in [-0.39, 0.29) is 6.04 Å². The maximum absolute atomic E-state index is 12.2. The number of allylic oxidation sites excluding steroid dienone is 1. The number of esters is 2. The van der Waals surface area contributed by atoms with Crippen molar-refractivity contribution in [2.45, 2.75) is 59.0 Å². The predicted octanol–water partition coefficient (Wildman–Crippen LogP) is 13.0. The molecule has 60 heavy (non-hydrogen) atoms. The van der Waals surface area contributed by atoms with Crippen LogP contribution in [0.25, 0.3) is 28.0 Å². The summed E-state index contributed by atoms with van der Waals surface area (Å²) in [6, 6.07) is 44.7. The summed E-state index contributed by atoms with van der Waals surface area (Å²) in [5, 5.41) is 1.98. The predicted molar refractivity (Wildman–Crippen MR) is 246 cm³/mol. The van der Waals surface area contributed by atoms with Gasteiger partial charge in [-0.05, 0) is 152 Å². The standard InChI is InChI=1S/C54H50N2O4/c1-35(2)53(57)59-51-29-17-41-31-49(27-15-43(41)33-51)56(50-28-16-44-34-52(30-18-42(44)32-50)60-54(58)36(3)4)48-25-13-40(14-26-48)39-11-23-47(24-12-39)55(45-19-7-37(5)8-20-45)46-21-9-38(6)10-22-46/h7-9,11-21,23-31,33-34,38,46,50H,1,3,10,22,32H2,2,4-6H3. The van der Waals surface area contributed by atoms with E-state index in [9.17, 15) is 9.59 Å². The average molecular weight is 791 g/mol. The molecule has 0 aromatic heterocycles.